The number of benzene rings is 3. The lowest BCUT2D eigenvalue weighted by Crippen LogP contribution is -2.40. The molecule has 0 aliphatic carbocycles. The molecule has 0 bridgehead atoms. The van der Waals surface area contributed by atoms with Crippen molar-refractivity contribution in [3.63, 3.8) is 0 Å². The van der Waals surface area contributed by atoms with Gasteiger partial charge in [-0.1, -0.05) is 41.4 Å². The quantitative estimate of drug-likeness (QED) is 0.210. The zero-order valence-electron chi connectivity index (χ0n) is 22.6. The molecule has 202 valence electrons. The molecule has 0 saturated heterocycles. The number of hydrogen-bond donors (Lipinski definition) is 1. The molecule has 0 saturated carbocycles. The molecule has 39 heavy (non-hydrogen) atoms. The summed E-state index contributed by atoms with van der Waals surface area (Å²) in [6.07, 6.45) is 1.57. The molecular weight excluding hydrogens is 532 g/mol. The average Bonchev–Trinajstić information content (AvgIpc) is 3.15. The number of aryl methyl sites for hydroxylation is 4. The number of aromatic nitrogens is 1. The van der Waals surface area contributed by atoms with Crippen LogP contribution in [0.4, 0.5) is 5.69 Å². The number of halogens is 1. The lowest BCUT2D eigenvalue weighted by Gasteiger charge is -2.25. The van der Waals surface area contributed by atoms with Crippen LogP contribution < -0.4 is 9.73 Å². The minimum Gasteiger partial charge on any atom is -0.318 e. The van der Waals surface area contributed by atoms with Crippen LogP contribution in [-0.4, -0.2) is 31.7 Å². The van der Waals surface area contributed by atoms with Crippen LogP contribution in [-0.2, 0) is 14.8 Å². The monoisotopic (exact) mass is 562 g/mol. The van der Waals surface area contributed by atoms with Gasteiger partial charge in [-0.25, -0.2) is 13.8 Å². The largest absolute Gasteiger partial charge is 0.318 e. The van der Waals surface area contributed by atoms with Gasteiger partial charge in [0, 0.05) is 27.7 Å². The van der Waals surface area contributed by atoms with E-state index in [1.165, 1.54) is 12.1 Å². The molecule has 1 amide bonds. The van der Waals surface area contributed by atoms with E-state index >= 15 is 0 Å². The van der Waals surface area contributed by atoms with Crippen molar-refractivity contribution in [2.75, 3.05) is 10.8 Å². The van der Waals surface area contributed by atoms with Gasteiger partial charge in [-0.3, -0.25) is 9.10 Å². The molecule has 0 unspecified atom stereocenters. The van der Waals surface area contributed by atoms with E-state index in [2.05, 4.69) is 21.2 Å². The van der Waals surface area contributed by atoms with Crippen LogP contribution in [0.15, 0.2) is 82.8 Å². The highest BCUT2D eigenvalue weighted by atomic mass is 35.5. The van der Waals surface area contributed by atoms with Crippen LogP contribution in [0, 0.1) is 34.6 Å². The van der Waals surface area contributed by atoms with Crippen molar-refractivity contribution in [1.29, 1.82) is 0 Å². The molecule has 0 atom stereocenters. The zero-order valence-corrected chi connectivity index (χ0v) is 24.1. The van der Waals surface area contributed by atoms with E-state index < -0.39 is 22.5 Å². The Morgan fingerprint density at radius 3 is 2.33 bits per heavy atom. The lowest BCUT2D eigenvalue weighted by atomic mass is 10.2. The Bertz CT molecular complexity index is 1660. The molecule has 0 fully saturated rings. The molecule has 0 aliphatic heterocycles. The van der Waals surface area contributed by atoms with Gasteiger partial charge in [0.1, 0.15) is 6.54 Å². The number of anilines is 1. The van der Waals surface area contributed by atoms with Crippen LogP contribution in [0.5, 0.6) is 0 Å². The summed E-state index contributed by atoms with van der Waals surface area (Å²) in [5.74, 6) is -0.580. The summed E-state index contributed by atoms with van der Waals surface area (Å²) in [7, 11) is -4.05. The van der Waals surface area contributed by atoms with Gasteiger partial charge in [0.05, 0.1) is 16.8 Å². The van der Waals surface area contributed by atoms with Gasteiger partial charge in [-0.2, -0.15) is 5.10 Å². The van der Waals surface area contributed by atoms with E-state index in [-0.39, 0.29) is 4.90 Å². The zero-order chi connectivity index (χ0) is 28.3. The predicted octanol–water partition coefficient (Wildman–Crippen LogP) is 6.02. The molecule has 1 aromatic heterocycles. The summed E-state index contributed by atoms with van der Waals surface area (Å²) in [6.45, 7) is 9.20. The van der Waals surface area contributed by atoms with Crippen LogP contribution in [0.1, 0.15) is 33.6 Å². The third kappa shape index (κ3) is 6.24. The molecular formula is C30H31ClN4O3S. The first-order valence-corrected chi connectivity index (χ1v) is 14.2. The SMILES string of the molecule is Cc1ccc(S(=O)(=O)N(CC(=O)N/N=C/c2cc(C)n(-c3cccc(C)c3)c2C)c2ccc(Cl)cc2C)cc1. The molecule has 4 aromatic rings. The predicted molar refractivity (Wildman–Crippen MR) is 158 cm³/mol. The van der Waals surface area contributed by atoms with Gasteiger partial charge in [0.2, 0.25) is 0 Å². The molecule has 7 nitrogen and oxygen atoms in total. The van der Waals surface area contributed by atoms with E-state index in [1.807, 2.05) is 52.0 Å². The number of hydrazone groups is 1. The second kappa shape index (κ2) is 11.5. The Balaban J connectivity index is 1.58. The smallest absolute Gasteiger partial charge is 0.264 e. The molecule has 0 radical (unpaired) electrons. The molecule has 3 aromatic carbocycles. The molecule has 0 spiro atoms. The number of sulfonamides is 1. The van der Waals surface area contributed by atoms with Crippen molar-refractivity contribution >= 4 is 39.4 Å². The average molecular weight is 563 g/mol. The Morgan fingerprint density at radius 1 is 0.949 bits per heavy atom. The minimum absolute atomic E-state index is 0.0855. The van der Waals surface area contributed by atoms with Gasteiger partial charge < -0.3 is 4.57 Å². The lowest BCUT2D eigenvalue weighted by molar-refractivity contribution is -0.119. The van der Waals surface area contributed by atoms with Gasteiger partial charge in [-0.05, 0) is 94.3 Å². The first-order valence-electron chi connectivity index (χ1n) is 12.4. The van der Waals surface area contributed by atoms with Gasteiger partial charge in [0.15, 0.2) is 0 Å². The van der Waals surface area contributed by atoms with E-state index in [0.29, 0.717) is 16.3 Å². The van der Waals surface area contributed by atoms with Crippen LogP contribution in [0.2, 0.25) is 5.02 Å². The van der Waals surface area contributed by atoms with E-state index in [9.17, 15) is 13.2 Å². The maximum Gasteiger partial charge on any atom is 0.264 e. The molecule has 1 N–H and O–H groups in total. The highest BCUT2D eigenvalue weighted by Gasteiger charge is 2.28. The summed E-state index contributed by atoms with van der Waals surface area (Å²) in [5, 5.41) is 4.61. The number of carbonyl (C=O) groups is 1. The fraction of sp³-hybridized carbons (Fsp3) is 0.200. The first kappa shape index (κ1) is 28.1. The van der Waals surface area contributed by atoms with E-state index in [1.54, 1.807) is 43.5 Å². The summed E-state index contributed by atoms with van der Waals surface area (Å²) >= 11 is 6.11. The Kier molecular flexibility index (Phi) is 8.28. The van der Waals surface area contributed by atoms with Crippen LogP contribution >= 0.6 is 11.6 Å². The standard InChI is InChI=1S/C30H31ClN4O3S/c1-20-9-12-28(13-10-20)39(37,38)34(29-14-11-26(31)16-22(29)3)19-30(36)33-32-18-25-17-23(4)35(24(25)5)27-8-6-7-21(2)15-27/h6-18H,19H2,1-5H3,(H,33,36)/b32-18+. The maximum atomic E-state index is 13.6. The second-order valence-electron chi connectivity index (χ2n) is 9.55. The summed E-state index contributed by atoms with van der Waals surface area (Å²) in [4.78, 5) is 13.1. The van der Waals surface area contributed by atoms with Crippen molar-refractivity contribution in [1.82, 2.24) is 9.99 Å². The number of amides is 1. The Morgan fingerprint density at radius 2 is 1.67 bits per heavy atom. The van der Waals surface area contributed by atoms with Crippen LogP contribution in [0.25, 0.3) is 5.69 Å². The number of nitrogens with one attached hydrogen (secondary N) is 1. The number of rotatable bonds is 8. The van der Waals surface area contributed by atoms with Crippen LogP contribution in [0.3, 0.4) is 0 Å². The summed E-state index contributed by atoms with van der Waals surface area (Å²) in [6, 6.07) is 21.5. The Hall–Kier alpha value is -3.88. The second-order valence-corrected chi connectivity index (χ2v) is 11.8. The first-order chi connectivity index (χ1) is 18.5. The van der Waals surface area contributed by atoms with Crippen molar-refractivity contribution in [2.45, 2.75) is 39.5 Å². The summed E-state index contributed by atoms with van der Waals surface area (Å²) < 4.78 is 30.5. The van der Waals surface area contributed by atoms with E-state index in [0.717, 1.165) is 38.1 Å². The minimum atomic E-state index is -4.05. The third-order valence-electron chi connectivity index (χ3n) is 6.45. The van der Waals surface area contributed by atoms with Crippen molar-refractivity contribution in [3.05, 3.63) is 111 Å². The van der Waals surface area contributed by atoms with Crippen molar-refractivity contribution in [2.24, 2.45) is 5.10 Å². The molecule has 1 heterocycles. The highest BCUT2D eigenvalue weighted by Crippen LogP contribution is 2.29. The fourth-order valence-electron chi connectivity index (χ4n) is 4.46. The topological polar surface area (TPSA) is 83.8 Å². The van der Waals surface area contributed by atoms with Crippen molar-refractivity contribution < 1.29 is 13.2 Å². The molecule has 0 aliphatic rings. The van der Waals surface area contributed by atoms with Crippen molar-refractivity contribution in [3.8, 4) is 5.69 Å². The normalized spacial score (nSPS) is 11.6. The van der Waals surface area contributed by atoms with Gasteiger partial charge in [-0.15, -0.1) is 0 Å². The maximum absolute atomic E-state index is 13.6. The fourth-order valence-corrected chi connectivity index (χ4v) is 6.17. The van der Waals surface area contributed by atoms with Gasteiger partial charge in [0.25, 0.3) is 15.9 Å². The number of nitrogens with zero attached hydrogens (tertiary/aromatic N) is 3. The van der Waals surface area contributed by atoms with Gasteiger partial charge >= 0.3 is 0 Å². The molecule has 4 rings (SSSR count). The third-order valence-corrected chi connectivity index (χ3v) is 8.46. The summed E-state index contributed by atoms with van der Waals surface area (Å²) in [5.41, 5.74) is 9.44. The molecule has 9 heteroatoms. The Labute approximate surface area is 234 Å². The highest BCUT2D eigenvalue weighted by molar-refractivity contribution is 7.92. The number of carbonyl (C=O) groups excluding carboxylic acids is 1. The van der Waals surface area contributed by atoms with E-state index in [4.69, 9.17) is 11.6 Å². The number of hydrogen-bond acceptors (Lipinski definition) is 4.